The van der Waals surface area contributed by atoms with Gasteiger partial charge in [-0.2, -0.15) is 0 Å². The zero-order chi connectivity index (χ0) is 17.5. The van der Waals surface area contributed by atoms with Crippen LogP contribution in [-0.2, 0) is 17.6 Å². The summed E-state index contributed by atoms with van der Waals surface area (Å²) in [6, 6.07) is 15.0. The summed E-state index contributed by atoms with van der Waals surface area (Å²) < 4.78 is 13.0. The van der Waals surface area contributed by atoms with E-state index in [1.807, 2.05) is 30.3 Å². The predicted molar refractivity (Wildman–Crippen MR) is 91.5 cm³/mol. The summed E-state index contributed by atoms with van der Waals surface area (Å²) in [4.78, 5) is 11.7. The summed E-state index contributed by atoms with van der Waals surface area (Å²) in [7, 11) is 0. The molecule has 0 aliphatic rings. The van der Waals surface area contributed by atoms with Gasteiger partial charge in [0.1, 0.15) is 5.82 Å². The molecule has 1 amide bonds. The monoisotopic (exact) mass is 330 g/mol. The molecule has 128 valence electrons. The van der Waals surface area contributed by atoms with Crippen molar-refractivity contribution in [1.82, 2.24) is 0 Å². The molecule has 0 saturated carbocycles. The quantitative estimate of drug-likeness (QED) is 0.689. The Kier molecular flexibility index (Phi) is 6.46. The number of carbonyl (C=O) groups is 1. The molecule has 0 radical (unpaired) electrons. The summed E-state index contributed by atoms with van der Waals surface area (Å²) in [6.45, 7) is 0. The summed E-state index contributed by atoms with van der Waals surface area (Å²) in [5, 5.41) is 10.3. The normalized spacial score (nSPS) is 14.8. The molecule has 4 nitrogen and oxygen atoms in total. The van der Waals surface area contributed by atoms with E-state index >= 15 is 0 Å². The number of rotatable bonds is 8. The first kappa shape index (κ1) is 18.1. The number of carbonyl (C=O) groups excluding carboxylic acids is 1. The molecule has 5 N–H and O–H groups in total. The molecule has 0 spiro atoms. The number of primary amides is 1. The first-order valence-electron chi connectivity index (χ1n) is 7.97. The minimum absolute atomic E-state index is 0.181. The first-order valence-corrected chi connectivity index (χ1v) is 7.97. The maximum absolute atomic E-state index is 13.0. The van der Waals surface area contributed by atoms with Gasteiger partial charge in [-0.15, -0.1) is 0 Å². The maximum atomic E-state index is 13.0. The molecule has 24 heavy (non-hydrogen) atoms. The van der Waals surface area contributed by atoms with E-state index in [9.17, 15) is 14.3 Å². The van der Waals surface area contributed by atoms with E-state index in [0.29, 0.717) is 12.8 Å². The third-order valence-corrected chi connectivity index (χ3v) is 4.13. The Morgan fingerprint density at radius 1 is 1.00 bits per heavy atom. The maximum Gasteiger partial charge on any atom is 0.220 e. The molecule has 0 aliphatic carbocycles. The van der Waals surface area contributed by atoms with Crippen molar-refractivity contribution in [3.05, 3.63) is 71.5 Å². The van der Waals surface area contributed by atoms with E-state index < -0.39 is 24.0 Å². The second-order valence-electron chi connectivity index (χ2n) is 6.09. The molecule has 0 heterocycles. The van der Waals surface area contributed by atoms with Crippen molar-refractivity contribution >= 4 is 5.91 Å². The van der Waals surface area contributed by atoms with E-state index in [4.69, 9.17) is 11.5 Å². The van der Waals surface area contributed by atoms with Crippen LogP contribution in [0.25, 0.3) is 0 Å². The number of benzene rings is 2. The second-order valence-corrected chi connectivity index (χ2v) is 6.09. The van der Waals surface area contributed by atoms with Gasteiger partial charge in [-0.1, -0.05) is 42.5 Å². The van der Waals surface area contributed by atoms with Gasteiger partial charge in [-0.05, 0) is 42.5 Å². The van der Waals surface area contributed by atoms with E-state index in [0.717, 1.165) is 11.1 Å². The molecule has 0 saturated heterocycles. The van der Waals surface area contributed by atoms with Gasteiger partial charge in [0.25, 0.3) is 0 Å². The van der Waals surface area contributed by atoms with Gasteiger partial charge in [0.2, 0.25) is 5.91 Å². The summed E-state index contributed by atoms with van der Waals surface area (Å²) in [5.74, 6) is -1.38. The summed E-state index contributed by atoms with van der Waals surface area (Å²) >= 11 is 0. The number of aliphatic hydroxyl groups excluding tert-OH is 1. The number of nitrogens with two attached hydrogens (primary N) is 2. The van der Waals surface area contributed by atoms with Crippen molar-refractivity contribution in [2.75, 3.05) is 0 Å². The van der Waals surface area contributed by atoms with E-state index in [-0.39, 0.29) is 12.2 Å². The Hall–Kier alpha value is -2.24. The molecule has 0 fully saturated rings. The smallest absolute Gasteiger partial charge is 0.220 e. The van der Waals surface area contributed by atoms with Crippen LogP contribution in [-0.4, -0.2) is 23.2 Å². The minimum atomic E-state index is -0.844. The highest BCUT2D eigenvalue weighted by molar-refractivity contribution is 5.77. The van der Waals surface area contributed by atoms with Crippen LogP contribution in [0.3, 0.4) is 0 Å². The molecule has 2 rings (SSSR count). The molecular formula is C19H23FN2O2. The molecule has 0 bridgehead atoms. The zero-order valence-electron chi connectivity index (χ0n) is 13.4. The van der Waals surface area contributed by atoms with Gasteiger partial charge in [0.05, 0.1) is 6.10 Å². The number of halogens is 1. The molecule has 0 aromatic heterocycles. The molecule has 2 aromatic rings. The Morgan fingerprint density at radius 2 is 1.58 bits per heavy atom. The third kappa shape index (κ3) is 5.44. The lowest BCUT2D eigenvalue weighted by Crippen LogP contribution is -2.40. The van der Waals surface area contributed by atoms with Crippen LogP contribution in [0.1, 0.15) is 17.5 Å². The van der Waals surface area contributed by atoms with Crippen LogP contribution in [0, 0.1) is 11.7 Å². The summed E-state index contributed by atoms with van der Waals surface area (Å²) in [6.07, 6.45) is 0.207. The Morgan fingerprint density at radius 3 is 2.17 bits per heavy atom. The number of hydrogen-bond donors (Lipinski definition) is 3. The fraction of sp³-hybridized carbons (Fsp3) is 0.316. The largest absolute Gasteiger partial charge is 0.391 e. The highest BCUT2D eigenvalue weighted by Gasteiger charge is 2.24. The standard InChI is InChI=1S/C19H23FN2O2/c20-16-8-6-14(7-9-16)10-15(19(22)24)12-18(23)17(21)11-13-4-2-1-3-5-13/h1-9,15,17-18,23H,10-12,21H2,(H2,22,24)/t15-,17+,18+/m1/s1. The average Bonchev–Trinajstić information content (AvgIpc) is 2.56. The lowest BCUT2D eigenvalue weighted by Gasteiger charge is -2.23. The predicted octanol–water partition coefficient (Wildman–Crippen LogP) is 1.79. The summed E-state index contributed by atoms with van der Waals surface area (Å²) in [5.41, 5.74) is 13.3. The second kappa shape index (κ2) is 8.57. The van der Waals surface area contributed by atoms with Crippen molar-refractivity contribution in [2.24, 2.45) is 17.4 Å². The van der Waals surface area contributed by atoms with E-state index in [2.05, 4.69) is 0 Å². The molecule has 2 aromatic carbocycles. The van der Waals surface area contributed by atoms with Gasteiger partial charge in [0.15, 0.2) is 0 Å². The van der Waals surface area contributed by atoms with Gasteiger partial charge in [-0.3, -0.25) is 4.79 Å². The number of hydrogen-bond acceptors (Lipinski definition) is 3. The molecule has 0 aliphatic heterocycles. The van der Waals surface area contributed by atoms with Gasteiger partial charge >= 0.3 is 0 Å². The lowest BCUT2D eigenvalue weighted by molar-refractivity contribution is -0.122. The molecular weight excluding hydrogens is 307 g/mol. The van der Waals surface area contributed by atoms with Crippen molar-refractivity contribution in [2.45, 2.75) is 31.4 Å². The topological polar surface area (TPSA) is 89.3 Å². The lowest BCUT2D eigenvalue weighted by atomic mass is 9.89. The number of aliphatic hydroxyl groups is 1. The first-order chi connectivity index (χ1) is 11.5. The van der Waals surface area contributed by atoms with Crippen molar-refractivity contribution in [1.29, 1.82) is 0 Å². The Balaban J connectivity index is 1.96. The van der Waals surface area contributed by atoms with Crippen LogP contribution >= 0.6 is 0 Å². The van der Waals surface area contributed by atoms with Gasteiger partial charge < -0.3 is 16.6 Å². The molecule has 3 atom stereocenters. The fourth-order valence-electron chi connectivity index (χ4n) is 2.69. The van der Waals surface area contributed by atoms with Crippen LogP contribution in [0.4, 0.5) is 4.39 Å². The van der Waals surface area contributed by atoms with Gasteiger partial charge in [-0.25, -0.2) is 4.39 Å². The highest BCUT2D eigenvalue weighted by Crippen LogP contribution is 2.17. The van der Waals surface area contributed by atoms with Crippen LogP contribution in [0.5, 0.6) is 0 Å². The van der Waals surface area contributed by atoms with E-state index in [1.54, 1.807) is 12.1 Å². The van der Waals surface area contributed by atoms with Gasteiger partial charge in [0, 0.05) is 12.0 Å². The Labute approximate surface area is 141 Å². The third-order valence-electron chi connectivity index (χ3n) is 4.13. The molecule has 0 unspecified atom stereocenters. The van der Waals surface area contributed by atoms with Crippen molar-refractivity contribution < 1.29 is 14.3 Å². The highest BCUT2D eigenvalue weighted by atomic mass is 19.1. The van der Waals surface area contributed by atoms with Crippen LogP contribution < -0.4 is 11.5 Å². The van der Waals surface area contributed by atoms with E-state index in [1.165, 1.54) is 12.1 Å². The SMILES string of the molecule is NC(=O)[C@H](Cc1ccc(F)cc1)C[C@H](O)[C@@H](N)Cc1ccccc1. The minimum Gasteiger partial charge on any atom is -0.391 e. The number of amides is 1. The average molecular weight is 330 g/mol. The fourth-order valence-corrected chi connectivity index (χ4v) is 2.69. The van der Waals surface area contributed by atoms with Crippen molar-refractivity contribution in [3.8, 4) is 0 Å². The zero-order valence-corrected chi connectivity index (χ0v) is 13.4. The van der Waals surface area contributed by atoms with Crippen LogP contribution in [0.15, 0.2) is 54.6 Å². The molecule has 5 heteroatoms. The Bertz CT molecular complexity index is 646. The van der Waals surface area contributed by atoms with Crippen molar-refractivity contribution in [3.63, 3.8) is 0 Å². The van der Waals surface area contributed by atoms with Crippen LogP contribution in [0.2, 0.25) is 0 Å².